The number of hydrogen-bond acceptors (Lipinski definition) is 8. The molecule has 11 heteroatoms. The molecule has 0 radical (unpaired) electrons. The fourth-order valence-corrected chi connectivity index (χ4v) is 6.80. The van der Waals surface area contributed by atoms with Gasteiger partial charge in [-0.2, -0.15) is 0 Å². The van der Waals surface area contributed by atoms with Gasteiger partial charge in [0.1, 0.15) is 24.4 Å². The van der Waals surface area contributed by atoms with Crippen LogP contribution in [-0.2, 0) is 23.4 Å². The highest BCUT2D eigenvalue weighted by Gasteiger charge is 2.42. The number of hydrogen-bond donors (Lipinski definition) is 1. The molecule has 218 valence electrons. The molecular weight excluding hydrogens is 592 g/mol. The van der Waals surface area contributed by atoms with Crippen molar-refractivity contribution in [2.75, 3.05) is 32.8 Å². The zero-order valence-electron chi connectivity index (χ0n) is 23.6. The number of aliphatic hydroxyl groups is 1. The van der Waals surface area contributed by atoms with Gasteiger partial charge in [-0.05, 0) is 51.1 Å². The highest BCUT2D eigenvalue weighted by Crippen LogP contribution is 2.41. The number of β-amino-alcohol motifs (C(OH)–C–C–N with tert-alkyl or cyclic N) is 1. The van der Waals surface area contributed by atoms with E-state index in [-0.39, 0.29) is 30.8 Å². The van der Waals surface area contributed by atoms with Crippen LogP contribution in [0.1, 0.15) is 44.9 Å². The molecule has 3 aliphatic heterocycles. The molecule has 5 heterocycles. The monoisotopic (exact) mass is 626 g/mol. The SMILES string of the molecule is CC(C)(C)OC(=O)N(Cc1cc2c(cn1)OCCO2)C1CCN(CC2(O)Cn3c(=O)ccc4ccc(Br)c2c43)CC1. The summed E-state index contributed by atoms with van der Waals surface area (Å²) in [7, 11) is 0. The molecule has 1 atom stereocenters. The van der Waals surface area contributed by atoms with Crippen molar-refractivity contribution in [2.24, 2.45) is 0 Å². The lowest BCUT2D eigenvalue weighted by Crippen LogP contribution is -2.51. The van der Waals surface area contributed by atoms with Crippen molar-refractivity contribution in [1.82, 2.24) is 19.4 Å². The predicted molar refractivity (Wildman–Crippen MR) is 156 cm³/mol. The average Bonchev–Trinajstić information content (AvgIpc) is 3.24. The van der Waals surface area contributed by atoms with Crippen LogP contribution in [0.2, 0.25) is 0 Å². The molecular formula is C30H35BrN4O6. The Bertz CT molecular complexity index is 1540. The zero-order chi connectivity index (χ0) is 28.9. The van der Waals surface area contributed by atoms with Crippen LogP contribution in [0.4, 0.5) is 4.79 Å². The van der Waals surface area contributed by atoms with Gasteiger partial charge < -0.3 is 23.9 Å². The Hall–Kier alpha value is -3.15. The van der Waals surface area contributed by atoms with E-state index in [1.807, 2.05) is 45.0 Å². The number of rotatable bonds is 5. The standard InChI is InChI=1S/C30H35BrN4O6/c1-29(2,3)41-28(37)34(16-20-14-23-24(15-32-20)40-13-12-39-23)21-8-10-33(11-9-21)17-30(38)18-35-25(36)7-5-19-4-6-22(31)26(30)27(19)35/h4-7,14-15,21,38H,8-13,16-18H2,1-3H3. The maximum Gasteiger partial charge on any atom is 0.410 e. The first-order valence-corrected chi connectivity index (χ1v) is 14.8. The number of piperidine rings is 1. The van der Waals surface area contributed by atoms with Gasteiger partial charge in [-0.15, -0.1) is 0 Å². The van der Waals surface area contributed by atoms with E-state index in [2.05, 4.69) is 25.8 Å². The fraction of sp³-hybridized carbons (Fsp3) is 0.500. The summed E-state index contributed by atoms with van der Waals surface area (Å²) in [6.07, 6.45) is 2.67. The number of ether oxygens (including phenoxy) is 3. The summed E-state index contributed by atoms with van der Waals surface area (Å²) in [5.74, 6) is 1.24. The normalized spacial score (nSPS) is 20.8. The largest absolute Gasteiger partial charge is 0.486 e. The second-order valence-electron chi connectivity index (χ2n) is 12.1. The summed E-state index contributed by atoms with van der Waals surface area (Å²) in [4.78, 5) is 34.5. The molecule has 1 amide bonds. The Morgan fingerprint density at radius 3 is 2.61 bits per heavy atom. The molecule has 1 saturated heterocycles. The number of nitrogens with zero attached hydrogens (tertiary/aromatic N) is 4. The minimum absolute atomic E-state index is 0.0655. The van der Waals surface area contributed by atoms with Crippen molar-refractivity contribution in [3.8, 4) is 11.5 Å². The first kappa shape index (κ1) is 28.0. The summed E-state index contributed by atoms with van der Waals surface area (Å²) < 4.78 is 19.6. The smallest absolute Gasteiger partial charge is 0.410 e. The summed E-state index contributed by atoms with van der Waals surface area (Å²) in [5.41, 5.74) is 0.278. The number of likely N-dealkylation sites (tertiary alicyclic amines) is 1. The Morgan fingerprint density at radius 1 is 1.17 bits per heavy atom. The second-order valence-corrected chi connectivity index (χ2v) is 12.9. The first-order valence-electron chi connectivity index (χ1n) is 14.0. The summed E-state index contributed by atoms with van der Waals surface area (Å²) >= 11 is 3.62. The molecule has 1 unspecified atom stereocenters. The Kier molecular flexibility index (Phi) is 7.24. The number of fused-ring (bicyclic) bond motifs is 1. The van der Waals surface area contributed by atoms with Crippen LogP contribution >= 0.6 is 15.9 Å². The third kappa shape index (κ3) is 5.54. The maximum absolute atomic E-state index is 13.4. The van der Waals surface area contributed by atoms with Gasteiger partial charge in [-0.25, -0.2) is 4.79 Å². The molecule has 0 aliphatic carbocycles. The number of carbonyl (C=O) groups is 1. The highest BCUT2D eigenvalue weighted by molar-refractivity contribution is 9.10. The van der Waals surface area contributed by atoms with Crippen LogP contribution in [0.15, 0.2) is 45.8 Å². The van der Waals surface area contributed by atoms with E-state index in [1.165, 1.54) is 0 Å². The van der Waals surface area contributed by atoms with Crippen LogP contribution in [-0.4, -0.2) is 75.0 Å². The van der Waals surface area contributed by atoms with Gasteiger partial charge in [0.25, 0.3) is 5.56 Å². The first-order chi connectivity index (χ1) is 19.5. The number of pyridine rings is 2. The van der Waals surface area contributed by atoms with Crippen molar-refractivity contribution in [3.63, 3.8) is 0 Å². The van der Waals surface area contributed by atoms with E-state index in [0.29, 0.717) is 62.9 Å². The topological polar surface area (TPSA) is 106 Å². The summed E-state index contributed by atoms with van der Waals surface area (Å²) in [6.45, 7) is 8.78. The summed E-state index contributed by atoms with van der Waals surface area (Å²) in [5, 5.41) is 12.9. The highest BCUT2D eigenvalue weighted by atomic mass is 79.9. The predicted octanol–water partition coefficient (Wildman–Crippen LogP) is 4.03. The molecule has 2 aromatic heterocycles. The van der Waals surface area contributed by atoms with E-state index in [9.17, 15) is 14.7 Å². The van der Waals surface area contributed by atoms with Crippen LogP contribution in [0.3, 0.4) is 0 Å². The van der Waals surface area contributed by atoms with Gasteiger partial charge in [0.2, 0.25) is 0 Å². The van der Waals surface area contributed by atoms with E-state index in [1.54, 1.807) is 21.7 Å². The molecule has 3 aliphatic rings. The Balaban J connectivity index is 1.18. The van der Waals surface area contributed by atoms with Gasteiger partial charge in [-0.1, -0.05) is 22.0 Å². The molecule has 0 bridgehead atoms. The van der Waals surface area contributed by atoms with Gasteiger partial charge in [0.05, 0.1) is 30.5 Å². The van der Waals surface area contributed by atoms with E-state index >= 15 is 0 Å². The Labute approximate surface area is 246 Å². The molecule has 6 rings (SSSR count). The third-order valence-electron chi connectivity index (χ3n) is 7.91. The molecule has 0 spiro atoms. The number of aromatic nitrogens is 2. The lowest BCUT2D eigenvalue weighted by Gasteiger charge is -2.41. The molecule has 1 fully saturated rings. The van der Waals surface area contributed by atoms with Crippen LogP contribution < -0.4 is 15.0 Å². The number of carbonyl (C=O) groups excluding carboxylic acids is 1. The van der Waals surface area contributed by atoms with Crippen molar-refractivity contribution in [2.45, 2.75) is 63.9 Å². The minimum atomic E-state index is -1.21. The Morgan fingerprint density at radius 2 is 1.88 bits per heavy atom. The third-order valence-corrected chi connectivity index (χ3v) is 8.58. The van der Waals surface area contributed by atoms with Crippen molar-refractivity contribution < 1.29 is 24.1 Å². The second kappa shape index (κ2) is 10.6. The van der Waals surface area contributed by atoms with Crippen LogP contribution in [0.25, 0.3) is 10.9 Å². The lowest BCUT2D eigenvalue weighted by atomic mass is 9.93. The number of halogens is 1. The van der Waals surface area contributed by atoms with Gasteiger partial charge in [0, 0.05) is 47.8 Å². The van der Waals surface area contributed by atoms with Crippen molar-refractivity contribution >= 4 is 32.9 Å². The average molecular weight is 628 g/mol. The van der Waals surface area contributed by atoms with Crippen LogP contribution in [0.5, 0.6) is 11.5 Å². The molecule has 10 nitrogen and oxygen atoms in total. The number of amides is 1. The zero-order valence-corrected chi connectivity index (χ0v) is 25.1. The fourth-order valence-electron chi connectivity index (χ4n) is 6.11. The van der Waals surface area contributed by atoms with Crippen LogP contribution in [0, 0.1) is 0 Å². The lowest BCUT2D eigenvalue weighted by molar-refractivity contribution is -0.0250. The summed E-state index contributed by atoms with van der Waals surface area (Å²) in [6, 6.07) is 9.01. The van der Waals surface area contributed by atoms with E-state index < -0.39 is 11.2 Å². The van der Waals surface area contributed by atoms with Gasteiger partial charge in [0.15, 0.2) is 11.5 Å². The van der Waals surface area contributed by atoms with E-state index in [4.69, 9.17) is 14.2 Å². The van der Waals surface area contributed by atoms with Crippen molar-refractivity contribution in [1.29, 1.82) is 0 Å². The van der Waals surface area contributed by atoms with E-state index in [0.717, 1.165) is 20.9 Å². The van der Waals surface area contributed by atoms with Gasteiger partial charge in [-0.3, -0.25) is 19.6 Å². The van der Waals surface area contributed by atoms with Crippen molar-refractivity contribution in [3.05, 3.63) is 62.6 Å². The number of benzene rings is 1. The molecule has 0 saturated carbocycles. The van der Waals surface area contributed by atoms with Gasteiger partial charge >= 0.3 is 6.09 Å². The maximum atomic E-state index is 13.4. The quantitative estimate of drug-likeness (QED) is 0.452. The molecule has 3 aromatic rings. The molecule has 1 N–H and O–H groups in total. The molecule has 41 heavy (non-hydrogen) atoms. The minimum Gasteiger partial charge on any atom is -0.486 e. The molecule has 1 aromatic carbocycles.